The van der Waals surface area contributed by atoms with Gasteiger partial charge in [0.05, 0.1) is 12.0 Å². The lowest BCUT2D eigenvalue weighted by atomic mass is 9.82. The van der Waals surface area contributed by atoms with Crippen LogP contribution in [-0.2, 0) is 9.53 Å². The summed E-state index contributed by atoms with van der Waals surface area (Å²) in [4.78, 5) is 11.9. The number of fused-ring (bicyclic) bond motifs is 3. The van der Waals surface area contributed by atoms with Crippen molar-refractivity contribution in [3.8, 4) is 0 Å². The van der Waals surface area contributed by atoms with Crippen LogP contribution in [0.4, 0.5) is 0 Å². The van der Waals surface area contributed by atoms with Gasteiger partial charge in [-0.3, -0.25) is 4.79 Å². The highest BCUT2D eigenvalue weighted by Gasteiger charge is 2.66. The fourth-order valence-electron chi connectivity index (χ4n) is 3.14. The number of hydrogen-bond acceptors (Lipinski definition) is 3. The first kappa shape index (κ1) is 10.1. The zero-order chi connectivity index (χ0) is 11.2. The number of esters is 1. The predicted molar refractivity (Wildman–Crippen MR) is 60.7 cm³/mol. The second-order valence-electron chi connectivity index (χ2n) is 4.94. The van der Waals surface area contributed by atoms with Crippen molar-refractivity contribution in [1.82, 2.24) is 5.32 Å². The largest absolute Gasteiger partial charge is 0.466 e. The van der Waals surface area contributed by atoms with Crippen LogP contribution < -0.4 is 5.32 Å². The van der Waals surface area contributed by atoms with Crippen LogP contribution in [0.1, 0.15) is 13.3 Å². The van der Waals surface area contributed by atoms with Crippen molar-refractivity contribution >= 4 is 5.97 Å². The van der Waals surface area contributed by atoms with E-state index < -0.39 is 0 Å². The number of piperidine rings is 1. The fraction of sp³-hybridized carbons (Fsp3) is 0.615. The summed E-state index contributed by atoms with van der Waals surface area (Å²) in [5, 5.41) is 3.45. The zero-order valence-electron chi connectivity index (χ0n) is 9.48. The molecule has 3 aliphatic rings. The van der Waals surface area contributed by atoms with E-state index in [2.05, 4.69) is 29.6 Å². The minimum Gasteiger partial charge on any atom is -0.466 e. The van der Waals surface area contributed by atoms with Gasteiger partial charge >= 0.3 is 5.97 Å². The molecule has 1 aliphatic heterocycles. The van der Waals surface area contributed by atoms with Gasteiger partial charge in [-0.25, -0.2) is 0 Å². The number of allylic oxidation sites excluding steroid dienone is 2. The SMILES string of the molecule is CCOC(=O)C12CNC3C=CC=CC3C1C2. The van der Waals surface area contributed by atoms with Crippen molar-refractivity contribution in [3.05, 3.63) is 24.3 Å². The highest BCUT2D eigenvalue weighted by Crippen LogP contribution is 2.60. The molecule has 0 bridgehead atoms. The molecule has 3 nitrogen and oxygen atoms in total. The van der Waals surface area contributed by atoms with Gasteiger partial charge in [0.15, 0.2) is 0 Å². The average molecular weight is 219 g/mol. The van der Waals surface area contributed by atoms with Crippen molar-refractivity contribution < 1.29 is 9.53 Å². The highest BCUT2D eigenvalue weighted by molar-refractivity contribution is 5.81. The summed E-state index contributed by atoms with van der Waals surface area (Å²) >= 11 is 0. The summed E-state index contributed by atoms with van der Waals surface area (Å²) in [5.41, 5.74) is -0.216. The number of carbonyl (C=O) groups is 1. The monoisotopic (exact) mass is 219 g/mol. The molecule has 16 heavy (non-hydrogen) atoms. The molecule has 3 heteroatoms. The Morgan fingerprint density at radius 3 is 3.12 bits per heavy atom. The lowest BCUT2D eigenvalue weighted by Gasteiger charge is -2.33. The maximum atomic E-state index is 11.9. The Kier molecular flexibility index (Phi) is 2.18. The maximum absolute atomic E-state index is 11.9. The topological polar surface area (TPSA) is 38.3 Å². The second kappa shape index (κ2) is 3.45. The van der Waals surface area contributed by atoms with Crippen LogP contribution in [-0.4, -0.2) is 25.2 Å². The van der Waals surface area contributed by atoms with Crippen LogP contribution in [0.2, 0.25) is 0 Å². The lowest BCUT2D eigenvalue weighted by Crippen LogP contribution is -2.48. The van der Waals surface area contributed by atoms with Gasteiger partial charge < -0.3 is 10.1 Å². The summed E-state index contributed by atoms with van der Waals surface area (Å²) in [6, 6.07) is 0.417. The van der Waals surface area contributed by atoms with Crippen LogP contribution in [0.5, 0.6) is 0 Å². The molecular weight excluding hydrogens is 202 g/mol. The molecule has 0 spiro atoms. The molecule has 1 heterocycles. The normalized spacial score (nSPS) is 43.4. The van der Waals surface area contributed by atoms with Crippen LogP contribution >= 0.6 is 0 Å². The minimum atomic E-state index is -0.216. The van der Waals surface area contributed by atoms with Gasteiger partial charge in [-0.15, -0.1) is 0 Å². The summed E-state index contributed by atoms with van der Waals surface area (Å²) in [6.45, 7) is 3.13. The van der Waals surface area contributed by atoms with Gasteiger partial charge in [-0.05, 0) is 19.3 Å². The third-order valence-corrected chi connectivity index (χ3v) is 4.11. The van der Waals surface area contributed by atoms with Gasteiger partial charge in [0.1, 0.15) is 0 Å². The molecule has 1 saturated heterocycles. The van der Waals surface area contributed by atoms with E-state index in [-0.39, 0.29) is 11.4 Å². The number of carbonyl (C=O) groups excluding carboxylic acids is 1. The van der Waals surface area contributed by atoms with Crippen LogP contribution in [0, 0.1) is 17.3 Å². The number of hydrogen-bond donors (Lipinski definition) is 1. The molecule has 4 atom stereocenters. The Balaban J connectivity index is 1.78. The van der Waals surface area contributed by atoms with Gasteiger partial charge in [0.2, 0.25) is 0 Å². The summed E-state index contributed by atoms with van der Waals surface area (Å²) in [5.74, 6) is 0.955. The van der Waals surface area contributed by atoms with E-state index >= 15 is 0 Å². The van der Waals surface area contributed by atoms with Crippen molar-refractivity contribution in [1.29, 1.82) is 0 Å². The molecule has 4 unspecified atom stereocenters. The Labute approximate surface area is 95.5 Å². The van der Waals surface area contributed by atoms with Gasteiger partial charge in [0, 0.05) is 18.5 Å². The molecule has 0 aromatic heterocycles. The van der Waals surface area contributed by atoms with Crippen molar-refractivity contribution in [2.45, 2.75) is 19.4 Å². The molecule has 0 aromatic carbocycles. The molecule has 0 aromatic rings. The molecule has 0 amide bonds. The van der Waals surface area contributed by atoms with Crippen molar-refractivity contribution in [2.24, 2.45) is 17.3 Å². The summed E-state index contributed by atoms with van der Waals surface area (Å²) in [6.07, 6.45) is 9.56. The van der Waals surface area contributed by atoms with E-state index in [1.807, 2.05) is 6.92 Å². The summed E-state index contributed by atoms with van der Waals surface area (Å²) < 4.78 is 5.18. The Morgan fingerprint density at radius 1 is 1.50 bits per heavy atom. The first-order valence-corrected chi connectivity index (χ1v) is 6.03. The minimum absolute atomic E-state index is 0.00565. The quantitative estimate of drug-likeness (QED) is 0.711. The van der Waals surface area contributed by atoms with E-state index in [1.54, 1.807) is 0 Å². The van der Waals surface area contributed by atoms with Gasteiger partial charge in [0.25, 0.3) is 0 Å². The number of nitrogens with one attached hydrogen (secondary N) is 1. The standard InChI is InChI=1S/C13H17NO2/c1-2-16-12(15)13-7-10(13)9-5-3-4-6-11(9)14-8-13/h3-6,9-11,14H,2,7-8H2,1H3. The maximum Gasteiger partial charge on any atom is 0.313 e. The van der Waals surface area contributed by atoms with E-state index in [0.717, 1.165) is 13.0 Å². The van der Waals surface area contributed by atoms with Crippen LogP contribution in [0.25, 0.3) is 0 Å². The Morgan fingerprint density at radius 2 is 2.31 bits per heavy atom. The fourth-order valence-corrected chi connectivity index (χ4v) is 3.14. The molecule has 2 aliphatic carbocycles. The van der Waals surface area contributed by atoms with Crippen molar-refractivity contribution in [3.63, 3.8) is 0 Å². The van der Waals surface area contributed by atoms with Crippen LogP contribution in [0.3, 0.4) is 0 Å². The molecule has 2 fully saturated rings. The van der Waals surface area contributed by atoms with Gasteiger partial charge in [-0.1, -0.05) is 24.3 Å². The Hall–Kier alpha value is -1.09. The molecule has 1 saturated carbocycles. The van der Waals surface area contributed by atoms with E-state index in [4.69, 9.17) is 4.74 Å². The first-order chi connectivity index (χ1) is 7.78. The molecule has 1 N–H and O–H groups in total. The van der Waals surface area contributed by atoms with Crippen molar-refractivity contribution in [2.75, 3.05) is 13.2 Å². The molecule has 86 valence electrons. The smallest absolute Gasteiger partial charge is 0.313 e. The highest BCUT2D eigenvalue weighted by atomic mass is 16.5. The summed E-state index contributed by atoms with van der Waals surface area (Å²) in [7, 11) is 0. The van der Waals surface area contributed by atoms with E-state index in [0.29, 0.717) is 24.5 Å². The second-order valence-corrected chi connectivity index (χ2v) is 4.94. The lowest BCUT2D eigenvalue weighted by molar-refractivity contribution is -0.151. The van der Waals surface area contributed by atoms with E-state index in [9.17, 15) is 4.79 Å². The van der Waals surface area contributed by atoms with E-state index in [1.165, 1.54) is 0 Å². The molecular formula is C13H17NO2. The third kappa shape index (κ3) is 1.27. The predicted octanol–water partition coefficient (Wildman–Crippen LogP) is 1.27. The Bertz CT molecular complexity index is 374. The molecule has 3 rings (SSSR count). The first-order valence-electron chi connectivity index (χ1n) is 6.03. The number of rotatable bonds is 2. The number of ether oxygens (including phenoxy) is 1. The zero-order valence-corrected chi connectivity index (χ0v) is 9.48. The third-order valence-electron chi connectivity index (χ3n) is 4.11. The van der Waals surface area contributed by atoms with Gasteiger partial charge in [-0.2, -0.15) is 0 Å². The van der Waals surface area contributed by atoms with Crippen LogP contribution in [0.15, 0.2) is 24.3 Å². The molecule has 0 radical (unpaired) electrons. The average Bonchev–Trinajstić information content (AvgIpc) is 3.06.